The maximum absolute atomic E-state index is 12.7. The van der Waals surface area contributed by atoms with Crippen LogP contribution in [-0.4, -0.2) is 18.9 Å². The highest BCUT2D eigenvalue weighted by Crippen LogP contribution is 2.29. The fourth-order valence-electron chi connectivity index (χ4n) is 2.15. The molecule has 0 aliphatic carbocycles. The molecule has 2 aromatic carbocycles. The molecule has 0 spiro atoms. The van der Waals surface area contributed by atoms with E-state index in [2.05, 4.69) is 10.6 Å². The van der Waals surface area contributed by atoms with E-state index in [-0.39, 0.29) is 17.9 Å². The molecule has 0 heterocycles. The summed E-state index contributed by atoms with van der Waals surface area (Å²) in [6.45, 7) is 0. The number of hydrogen-bond acceptors (Lipinski definition) is 2. The molecule has 0 aliphatic heterocycles. The van der Waals surface area contributed by atoms with Crippen molar-refractivity contribution < 1.29 is 22.8 Å². The molecule has 0 fully saturated rings. The number of likely N-dealkylation sites (N-methyl/N-ethyl adjacent to an activating group) is 1. The van der Waals surface area contributed by atoms with E-state index in [1.54, 1.807) is 31.3 Å². The molecule has 0 atom stereocenters. The smallest absolute Gasteiger partial charge is 0.359 e. The zero-order valence-electron chi connectivity index (χ0n) is 13.9. The second-order valence-electron chi connectivity index (χ2n) is 5.49. The highest BCUT2D eigenvalue weighted by atomic mass is 19.4. The Balaban J connectivity index is 1.98. The van der Waals surface area contributed by atoms with Crippen LogP contribution in [0.5, 0.6) is 0 Å². The van der Waals surface area contributed by atoms with Crippen molar-refractivity contribution in [2.75, 3.05) is 12.4 Å². The summed E-state index contributed by atoms with van der Waals surface area (Å²) in [7, 11) is 1.55. The summed E-state index contributed by atoms with van der Waals surface area (Å²) in [5, 5.41) is 5.12. The van der Waals surface area contributed by atoms with Crippen LogP contribution in [0.2, 0.25) is 0 Å². The largest absolute Gasteiger partial charge is 0.416 e. The quantitative estimate of drug-likeness (QED) is 0.798. The van der Waals surface area contributed by atoms with Crippen LogP contribution in [0.15, 0.2) is 54.6 Å². The van der Waals surface area contributed by atoms with Crippen LogP contribution in [0.4, 0.5) is 18.9 Å². The number of amides is 2. The Hall–Kier alpha value is -3.09. The fourth-order valence-corrected chi connectivity index (χ4v) is 2.15. The Bertz CT molecular complexity index is 812. The number of alkyl halides is 3. The first-order valence-corrected chi connectivity index (χ1v) is 7.74. The summed E-state index contributed by atoms with van der Waals surface area (Å²) < 4.78 is 38.0. The lowest BCUT2D eigenvalue weighted by Gasteiger charge is -2.07. The molecule has 2 rings (SSSR count). The van der Waals surface area contributed by atoms with Crippen LogP contribution in [0.3, 0.4) is 0 Å². The van der Waals surface area contributed by atoms with Gasteiger partial charge in [-0.2, -0.15) is 13.2 Å². The monoisotopic (exact) mass is 362 g/mol. The van der Waals surface area contributed by atoms with Gasteiger partial charge < -0.3 is 10.6 Å². The number of rotatable bonds is 5. The summed E-state index contributed by atoms with van der Waals surface area (Å²) in [4.78, 5) is 23.2. The van der Waals surface area contributed by atoms with Gasteiger partial charge in [-0.15, -0.1) is 0 Å². The van der Waals surface area contributed by atoms with Gasteiger partial charge in [-0.3, -0.25) is 9.59 Å². The van der Waals surface area contributed by atoms with Crippen LogP contribution in [-0.2, 0) is 22.2 Å². The number of nitrogens with one attached hydrogen (secondary N) is 2. The lowest BCUT2D eigenvalue weighted by molar-refractivity contribution is -0.137. The predicted octanol–water partition coefficient (Wildman–Crippen LogP) is 3.65. The van der Waals surface area contributed by atoms with E-state index in [1.807, 2.05) is 0 Å². The molecule has 2 amide bonds. The Morgan fingerprint density at radius 2 is 1.77 bits per heavy atom. The molecular formula is C19H17F3N2O2. The number of anilines is 1. The zero-order valence-corrected chi connectivity index (χ0v) is 13.9. The maximum atomic E-state index is 12.7. The molecule has 0 radical (unpaired) electrons. The topological polar surface area (TPSA) is 58.2 Å². The summed E-state index contributed by atoms with van der Waals surface area (Å²) in [5.41, 5.74) is 0.814. The van der Waals surface area contributed by atoms with E-state index in [9.17, 15) is 22.8 Å². The Labute approximate surface area is 148 Å². The minimum Gasteiger partial charge on any atom is -0.359 e. The third-order valence-corrected chi connectivity index (χ3v) is 3.51. The van der Waals surface area contributed by atoms with Crippen molar-refractivity contribution in [1.82, 2.24) is 5.32 Å². The second kappa shape index (κ2) is 8.33. The number of hydrogen-bond donors (Lipinski definition) is 2. The standard InChI is InChI=1S/C19H17F3N2O2/c1-23-18(26)12-14-5-8-16(9-6-14)24-17(25)10-7-13-3-2-4-15(11-13)19(20,21)22/h2-11H,12H2,1H3,(H,23,26)(H,24,25)/b10-7+. The number of carbonyl (C=O) groups excluding carboxylic acids is 2. The number of halogens is 3. The van der Waals surface area contributed by atoms with Crippen LogP contribution in [0, 0.1) is 0 Å². The molecule has 0 bridgehead atoms. The van der Waals surface area contributed by atoms with E-state index >= 15 is 0 Å². The van der Waals surface area contributed by atoms with Gasteiger partial charge in [0.15, 0.2) is 0 Å². The first kappa shape index (κ1) is 19.2. The molecule has 4 nitrogen and oxygen atoms in total. The molecule has 136 valence electrons. The van der Waals surface area contributed by atoms with Crippen molar-refractivity contribution in [3.8, 4) is 0 Å². The second-order valence-corrected chi connectivity index (χ2v) is 5.49. The lowest BCUT2D eigenvalue weighted by Crippen LogP contribution is -2.19. The summed E-state index contributed by atoms with van der Waals surface area (Å²) in [6.07, 6.45) is -1.72. The molecule has 26 heavy (non-hydrogen) atoms. The molecule has 2 N–H and O–H groups in total. The zero-order chi connectivity index (χ0) is 19.2. The van der Waals surface area contributed by atoms with Crippen molar-refractivity contribution in [2.24, 2.45) is 0 Å². The molecule has 0 unspecified atom stereocenters. The van der Waals surface area contributed by atoms with Crippen LogP contribution < -0.4 is 10.6 Å². The molecule has 2 aromatic rings. The minimum absolute atomic E-state index is 0.120. The van der Waals surface area contributed by atoms with Gasteiger partial charge in [-0.1, -0.05) is 24.3 Å². The van der Waals surface area contributed by atoms with Crippen LogP contribution in [0.1, 0.15) is 16.7 Å². The first-order valence-electron chi connectivity index (χ1n) is 7.74. The van der Waals surface area contributed by atoms with E-state index < -0.39 is 17.6 Å². The molecule has 7 heteroatoms. The van der Waals surface area contributed by atoms with Crippen molar-refractivity contribution in [1.29, 1.82) is 0 Å². The van der Waals surface area contributed by atoms with Gasteiger partial charge in [0.1, 0.15) is 0 Å². The van der Waals surface area contributed by atoms with Gasteiger partial charge in [-0.05, 0) is 41.5 Å². The summed E-state index contributed by atoms with van der Waals surface area (Å²) in [5.74, 6) is -0.590. The summed E-state index contributed by atoms with van der Waals surface area (Å²) >= 11 is 0. The Kier molecular flexibility index (Phi) is 6.16. The van der Waals surface area contributed by atoms with Crippen molar-refractivity contribution in [3.05, 3.63) is 71.3 Å². The van der Waals surface area contributed by atoms with Gasteiger partial charge in [-0.25, -0.2) is 0 Å². The average molecular weight is 362 g/mol. The summed E-state index contributed by atoms with van der Waals surface area (Å²) in [6, 6.07) is 11.4. The Morgan fingerprint density at radius 3 is 2.38 bits per heavy atom. The first-order chi connectivity index (χ1) is 12.3. The highest BCUT2D eigenvalue weighted by molar-refractivity contribution is 6.01. The van der Waals surface area contributed by atoms with Crippen LogP contribution >= 0.6 is 0 Å². The van der Waals surface area contributed by atoms with Crippen molar-refractivity contribution in [2.45, 2.75) is 12.6 Å². The average Bonchev–Trinajstić information content (AvgIpc) is 2.61. The third kappa shape index (κ3) is 5.77. The van der Waals surface area contributed by atoms with Crippen molar-refractivity contribution in [3.63, 3.8) is 0 Å². The molecular weight excluding hydrogens is 345 g/mol. The van der Waals surface area contributed by atoms with E-state index in [1.165, 1.54) is 18.2 Å². The molecule has 0 aromatic heterocycles. The van der Waals surface area contributed by atoms with Crippen LogP contribution in [0.25, 0.3) is 6.08 Å². The highest BCUT2D eigenvalue weighted by Gasteiger charge is 2.30. The van der Waals surface area contributed by atoms with E-state index in [4.69, 9.17) is 0 Å². The van der Waals surface area contributed by atoms with E-state index in [0.29, 0.717) is 5.69 Å². The third-order valence-electron chi connectivity index (χ3n) is 3.51. The minimum atomic E-state index is -4.43. The normalized spacial score (nSPS) is 11.4. The van der Waals surface area contributed by atoms with Gasteiger partial charge >= 0.3 is 6.18 Å². The van der Waals surface area contributed by atoms with Gasteiger partial charge in [0.25, 0.3) is 0 Å². The maximum Gasteiger partial charge on any atom is 0.416 e. The molecule has 0 saturated carbocycles. The fraction of sp³-hybridized carbons (Fsp3) is 0.158. The van der Waals surface area contributed by atoms with Gasteiger partial charge in [0.2, 0.25) is 11.8 Å². The molecule has 0 aliphatic rings. The SMILES string of the molecule is CNC(=O)Cc1ccc(NC(=O)/C=C/c2cccc(C(F)(F)F)c2)cc1. The number of benzene rings is 2. The Morgan fingerprint density at radius 1 is 1.08 bits per heavy atom. The lowest BCUT2D eigenvalue weighted by atomic mass is 10.1. The molecule has 0 saturated heterocycles. The predicted molar refractivity (Wildman–Crippen MR) is 93.3 cm³/mol. The van der Waals surface area contributed by atoms with E-state index in [0.717, 1.165) is 23.8 Å². The van der Waals surface area contributed by atoms with Gasteiger partial charge in [0.05, 0.1) is 12.0 Å². The van der Waals surface area contributed by atoms with Crippen molar-refractivity contribution >= 4 is 23.6 Å². The number of carbonyl (C=O) groups is 2. The van der Waals surface area contributed by atoms with Gasteiger partial charge in [0, 0.05) is 18.8 Å².